The molecule has 3 N–H and O–H groups in total. The van der Waals surface area contributed by atoms with Gasteiger partial charge in [0.2, 0.25) is 0 Å². The van der Waals surface area contributed by atoms with Crippen LogP contribution in [0.1, 0.15) is 12.5 Å². The number of rotatable bonds is 1. The van der Waals surface area contributed by atoms with E-state index in [9.17, 15) is 4.79 Å². The molecule has 2 aromatic carbocycles. The molecule has 1 aliphatic heterocycles. The van der Waals surface area contributed by atoms with Gasteiger partial charge in [0.25, 0.3) is 0 Å². The van der Waals surface area contributed by atoms with Gasteiger partial charge in [-0.15, -0.1) is 0 Å². The van der Waals surface area contributed by atoms with Gasteiger partial charge in [-0.2, -0.15) is 0 Å². The van der Waals surface area contributed by atoms with E-state index in [-0.39, 0.29) is 6.03 Å². The van der Waals surface area contributed by atoms with Gasteiger partial charge in [0, 0.05) is 23.6 Å². The molecular weight excluding hydrogens is 262 g/mol. The van der Waals surface area contributed by atoms with Crippen LogP contribution in [-0.2, 0) is 6.42 Å². The Morgan fingerprint density at radius 1 is 1.24 bits per heavy atom. The Bertz CT molecular complexity index is 669. The number of carbonyl (C=O) groups is 1. The molecule has 0 fully saturated rings. The molecular formula is C17H19N3O. The SMILES string of the molecule is CC1Cc2ccccc2N(C(=O)Nc2cccc(N)c2)C1. The van der Waals surface area contributed by atoms with Gasteiger partial charge in [-0.1, -0.05) is 31.2 Å². The topological polar surface area (TPSA) is 58.4 Å². The lowest BCUT2D eigenvalue weighted by atomic mass is 9.94. The Hall–Kier alpha value is -2.49. The Morgan fingerprint density at radius 3 is 2.86 bits per heavy atom. The molecule has 0 saturated heterocycles. The van der Waals surface area contributed by atoms with Crippen molar-refractivity contribution in [3.05, 3.63) is 54.1 Å². The fraction of sp³-hybridized carbons (Fsp3) is 0.235. The average Bonchev–Trinajstić information content (AvgIpc) is 2.46. The number of hydrogen-bond acceptors (Lipinski definition) is 2. The van der Waals surface area contributed by atoms with Crippen molar-refractivity contribution in [2.24, 2.45) is 5.92 Å². The summed E-state index contributed by atoms with van der Waals surface area (Å²) in [6, 6.07) is 15.2. The zero-order valence-electron chi connectivity index (χ0n) is 12.0. The van der Waals surface area contributed by atoms with E-state index in [2.05, 4.69) is 18.3 Å². The van der Waals surface area contributed by atoms with Crippen LogP contribution in [0.3, 0.4) is 0 Å². The van der Waals surface area contributed by atoms with Crippen molar-refractivity contribution in [3.63, 3.8) is 0 Å². The number of nitrogens with zero attached hydrogens (tertiary/aromatic N) is 1. The van der Waals surface area contributed by atoms with Crippen LogP contribution in [0.4, 0.5) is 21.9 Å². The van der Waals surface area contributed by atoms with E-state index in [0.29, 0.717) is 11.6 Å². The molecule has 0 spiro atoms. The van der Waals surface area contributed by atoms with Gasteiger partial charge in [0.15, 0.2) is 0 Å². The van der Waals surface area contributed by atoms with Crippen LogP contribution < -0.4 is 16.0 Å². The van der Waals surface area contributed by atoms with Crippen molar-refractivity contribution in [1.29, 1.82) is 0 Å². The summed E-state index contributed by atoms with van der Waals surface area (Å²) in [5.74, 6) is 0.450. The largest absolute Gasteiger partial charge is 0.399 e. The van der Waals surface area contributed by atoms with Gasteiger partial charge in [0.1, 0.15) is 0 Å². The average molecular weight is 281 g/mol. The normalized spacial score (nSPS) is 17.2. The van der Waals surface area contributed by atoms with Crippen LogP contribution in [0.5, 0.6) is 0 Å². The lowest BCUT2D eigenvalue weighted by Gasteiger charge is -2.33. The first kappa shape index (κ1) is 13.5. The van der Waals surface area contributed by atoms with Gasteiger partial charge >= 0.3 is 6.03 Å². The molecule has 2 aromatic rings. The number of carbonyl (C=O) groups excluding carboxylic acids is 1. The Morgan fingerprint density at radius 2 is 2.05 bits per heavy atom. The van der Waals surface area contributed by atoms with E-state index in [0.717, 1.165) is 24.3 Å². The maximum Gasteiger partial charge on any atom is 0.326 e. The van der Waals surface area contributed by atoms with Crippen molar-refractivity contribution < 1.29 is 4.79 Å². The lowest BCUT2D eigenvalue weighted by Crippen LogP contribution is -2.41. The second-order valence-electron chi connectivity index (χ2n) is 5.60. The minimum Gasteiger partial charge on any atom is -0.399 e. The summed E-state index contributed by atoms with van der Waals surface area (Å²) in [7, 11) is 0. The van der Waals surface area contributed by atoms with Gasteiger partial charge in [-0.3, -0.25) is 4.90 Å². The van der Waals surface area contributed by atoms with Gasteiger partial charge in [-0.25, -0.2) is 4.79 Å². The van der Waals surface area contributed by atoms with E-state index >= 15 is 0 Å². The molecule has 1 heterocycles. The maximum atomic E-state index is 12.6. The second kappa shape index (κ2) is 5.48. The highest BCUT2D eigenvalue weighted by atomic mass is 16.2. The summed E-state index contributed by atoms with van der Waals surface area (Å²) in [6.07, 6.45) is 1.01. The maximum absolute atomic E-state index is 12.6. The predicted molar refractivity (Wildman–Crippen MR) is 86.5 cm³/mol. The monoisotopic (exact) mass is 281 g/mol. The predicted octanol–water partition coefficient (Wildman–Crippen LogP) is 3.50. The molecule has 21 heavy (non-hydrogen) atoms. The molecule has 4 nitrogen and oxygen atoms in total. The standard InChI is InChI=1S/C17H19N3O/c1-12-9-13-5-2-3-8-16(13)20(11-12)17(21)19-15-7-4-6-14(18)10-15/h2-8,10,12H,9,11,18H2,1H3,(H,19,21). The summed E-state index contributed by atoms with van der Waals surface area (Å²) < 4.78 is 0. The quantitative estimate of drug-likeness (QED) is 0.786. The molecule has 0 bridgehead atoms. The summed E-state index contributed by atoms with van der Waals surface area (Å²) >= 11 is 0. The number of nitrogen functional groups attached to an aromatic ring is 1. The van der Waals surface area contributed by atoms with Crippen LogP contribution in [0.2, 0.25) is 0 Å². The molecule has 4 heteroatoms. The number of amides is 2. The van der Waals surface area contributed by atoms with E-state index in [1.165, 1.54) is 5.56 Å². The lowest BCUT2D eigenvalue weighted by molar-refractivity contribution is 0.255. The van der Waals surface area contributed by atoms with E-state index < -0.39 is 0 Å². The van der Waals surface area contributed by atoms with Crippen LogP contribution in [0.15, 0.2) is 48.5 Å². The third kappa shape index (κ3) is 2.84. The van der Waals surface area contributed by atoms with Crippen molar-refractivity contribution in [1.82, 2.24) is 0 Å². The van der Waals surface area contributed by atoms with Crippen LogP contribution >= 0.6 is 0 Å². The summed E-state index contributed by atoms with van der Waals surface area (Å²) in [5, 5.41) is 2.92. The van der Waals surface area contributed by atoms with Gasteiger partial charge < -0.3 is 11.1 Å². The molecule has 3 rings (SSSR count). The highest BCUT2D eigenvalue weighted by Crippen LogP contribution is 2.30. The number of urea groups is 1. The number of benzene rings is 2. The molecule has 108 valence electrons. The molecule has 1 aliphatic rings. The smallest absolute Gasteiger partial charge is 0.326 e. The van der Waals surface area contributed by atoms with Crippen LogP contribution in [0, 0.1) is 5.92 Å². The summed E-state index contributed by atoms with van der Waals surface area (Å²) in [6.45, 7) is 2.89. The van der Waals surface area contributed by atoms with Crippen molar-refractivity contribution in [2.75, 3.05) is 22.5 Å². The zero-order valence-corrected chi connectivity index (χ0v) is 12.0. The Balaban J connectivity index is 1.85. The van der Waals surface area contributed by atoms with Crippen LogP contribution in [0.25, 0.3) is 0 Å². The summed E-state index contributed by atoms with van der Waals surface area (Å²) in [4.78, 5) is 14.4. The third-order valence-corrected chi connectivity index (χ3v) is 3.73. The Labute approximate surface area is 124 Å². The third-order valence-electron chi connectivity index (χ3n) is 3.73. The van der Waals surface area contributed by atoms with Crippen LogP contribution in [-0.4, -0.2) is 12.6 Å². The number of hydrogen-bond donors (Lipinski definition) is 2. The first-order valence-corrected chi connectivity index (χ1v) is 7.15. The molecule has 0 aliphatic carbocycles. The molecule has 0 saturated carbocycles. The van der Waals surface area contributed by atoms with Gasteiger partial charge in [0.05, 0.1) is 0 Å². The minimum absolute atomic E-state index is 0.111. The zero-order chi connectivity index (χ0) is 14.8. The first-order valence-electron chi connectivity index (χ1n) is 7.15. The van der Waals surface area contributed by atoms with Gasteiger partial charge in [-0.05, 0) is 42.2 Å². The fourth-order valence-electron chi connectivity index (χ4n) is 2.80. The number of fused-ring (bicyclic) bond motifs is 1. The number of nitrogens with one attached hydrogen (secondary N) is 1. The molecule has 1 unspecified atom stereocenters. The van der Waals surface area contributed by atoms with E-state index in [4.69, 9.17) is 5.73 Å². The molecule has 0 radical (unpaired) electrons. The van der Waals surface area contributed by atoms with E-state index in [1.807, 2.05) is 35.2 Å². The fourth-order valence-corrected chi connectivity index (χ4v) is 2.80. The molecule has 1 atom stereocenters. The number of para-hydroxylation sites is 1. The molecule has 0 aromatic heterocycles. The number of anilines is 3. The van der Waals surface area contributed by atoms with Crippen molar-refractivity contribution in [2.45, 2.75) is 13.3 Å². The minimum atomic E-state index is -0.111. The number of nitrogens with two attached hydrogens (primary N) is 1. The van der Waals surface area contributed by atoms with E-state index in [1.54, 1.807) is 12.1 Å². The Kier molecular flexibility index (Phi) is 3.52. The summed E-state index contributed by atoms with van der Waals surface area (Å²) in [5.41, 5.74) is 9.32. The highest BCUT2D eigenvalue weighted by molar-refractivity contribution is 6.02. The highest BCUT2D eigenvalue weighted by Gasteiger charge is 2.26. The molecule has 2 amide bonds. The second-order valence-corrected chi connectivity index (χ2v) is 5.60. The van der Waals surface area contributed by atoms with Crippen molar-refractivity contribution in [3.8, 4) is 0 Å². The van der Waals surface area contributed by atoms with Crippen molar-refractivity contribution >= 4 is 23.1 Å². The first-order chi connectivity index (χ1) is 10.1.